The van der Waals surface area contributed by atoms with Gasteiger partial charge in [0.1, 0.15) is 0 Å². The SMILES string of the molecule is CC(C)(NS(=O)(=O)c1ccc2ccccc2c1)C(=O)CC1C2CC3CC(C2)CC1C3. The first-order valence-corrected chi connectivity index (χ1v) is 12.8. The monoisotopic (exact) mass is 425 g/mol. The number of rotatable bonds is 6. The average molecular weight is 426 g/mol. The molecule has 0 saturated heterocycles. The topological polar surface area (TPSA) is 63.2 Å². The van der Waals surface area contributed by atoms with Gasteiger partial charge in [0, 0.05) is 6.42 Å². The predicted octanol–water partition coefficient (Wildman–Crippen LogP) is 4.93. The summed E-state index contributed by atoms with van der Waals surface area (Å²) in [6, 6.07) is 12.8. The van der Waals surface area contributed by atoms with Crippen molar-refractivity contribution in [3.05, 3.63) is 42.5 Å². The lowest BCUT2D eigenvalue weighted by Gasteiger charge is -2.54. The zero-order valence-corrected chi connectivity index (χ0v) is 18.6. The van der Waals surface area contributed by atoms with E-state index in [-0.39, 0.29) is 10.7 Å². The van der Waals surface area contributed by atoms with Gasteiger partial charge in [-0.05, 0) is 98.4 Å². The summed E-state index contributed by atoms with van der Waals surface area (Å²) in [7, 11) is -3.79. The van der Waals surface area contributed by atoms with Crippen molar-refractivity contribution in [2.75, 3.05) is 0 Å². The first-order chi connectivity index (χ1) is 14.2. The lowest BCUT2D eigenvalue weighted by atomic mass is 9.51. The van der Waals surface area contributed by atoms with E-state index < -0.39 is 15.6 Å². The maximum absolute atomic E-state index is 13.3. The van der Waals surface area contributed by atoms with E-state index in [1.54, 1.807) is 26.0 Å². The Morgan fingerprint density at radius 3 is 2.17 bits per heavy atom. The Kier molecular flexibility index (Phi) is 4.82. The third-order valence-electron chi connectivity index (χ3n) is 7.96. The summed E-state index contributed by atoms with van der Waals surface area (Å²) in [6.45, 7) is 3.42. The van der Waals surface area contributed by atoms with Gasteiger partial charge in [-0.15, -0.1) is 0 Å². The van der Waals surface area contributed by atoms with Crippen LogP contribution in [0.25, 0.3) is 10.8 Å². The molecule has 4 aliphatic carbocycles. The quantitative estimate of drug-likeness (QED) is 0.714. The van der Waals surface area contributed by atoms with Gasteiger partial charge in [0.2, 0.25) is 10.0 Å². The van der Waals surface area contributed by atoms with Crippen molar-refractivity contribution >= 4 is 26.6 Å². The number of hydrogen-bond acceptors (Lipinski definition) is 3. The summed E-state index contributed by atoms with van der Waals surface area (Å²) in [4.78, 5) is 13.5. The van der Waals surface area contributed by atoms with E-state index in [0.29, 0.717) is 24.2 Å². The number of carbonyl (C=O) groups is 1. The van der Waals surface area contributed by atoms with Gasteiger partial charge >= 0.3 is 0 Å². The number of sulfonamides is 1. The summed E-state index contributed by atoms with van der Waals surface area (Å²) in [6.07, 6.45) is 6.98. The van der Waals surface area contributed by atoms with Gasteiger partial charge in [-0.3, -0.25) is 4.79 Å². The summed E-state index contributed by atoms with van der Waals surface area (Å²) in [5, 5.41) is 1.87. The number of fused-ring (bicyclic) bond motifs is 1. The van der Waals surface area contributed by atoms with Crippen molar-refractivity contribution in [2.24, 2.45) is 29.6 Å². The van der Waals surface area contributed by atoms with Crippen LogP contribution in [-0.2, 0) is 14.8 Å². The zero-order valence-electron chi connectivity index (χ0n) is 17.8. The molecule has 0 unspecified atom stereocenters. The molecule has 6 rings (SSSR count). The molecule has 4 nitrogen and oxygen atoms in total. The lowest BCUT2D eigenvalue weighted by molar-refractivity contribution is -0.128. The van der Waals surface area contributed by atoms with E-state index in [1.807, 2.05) is 30.3 Å². The molecule has 4 fully saturated rings. The van der Waals surface area contributed by atoms with Crippen LogP contribution >= 0.6 is 0 Å². The van der Waals surface area contributed by atoms with Crippen LogP contribution in [0.4, 0.5) is 0 Å². The summed E-state index contributed by atoms with van der Waals surface area (Å²) < 4.78 is 28.8. The molecular formula is C25H31NO3S. The van der Waals surface area contributed by atoms with Gasteiger partial charge in [0.25, 0.3) is 0 Å². The van der Waals surface area contributed by atoms with Crippen molar-refractivity contribution in [3.8, 4) is 0 Å². The largest absolute Gasteiger partial charge is 0.298 e. The van der Waals surface area contributed by atoms with Crippen LogP contribution in [0.3, 0.4) is 0 Å². The van der Waals surface area contributed by atoms with Crippen molar-refractivity contribution in [3.63, 3.8) is 0 Å². The highest BCUT2D eigenvalue weighted by molar-refractivity contribution is 7.89. The van der Waals surface area contributed by atoms with E-state index >= 15 is 0 Å². The van der Waals surface area contributed by atoms with Crippen LogP contribution in [-0.4, -0.2) is 19.7 Å². The van der Waals surface area contributed by atoms with Crippen LogP contribution < -0.4 is 4.72 Å². The Hall–Kier alpha value is -1.72. The van der Waals surface area contributed by atoms with Crippen molar-refractivity contribution < 1.29 is 13.2 Å². The van der Waals surface area contributed by atoms with E-state index in [9.17, 15) is 13.2 Å². The molecule has 0 amide bonds. The molecule has 4 bridgehead atoms. The number of ketones is 1. The highest BCUT2D eigenvalue weighted by atomic mass is 32.2. The molecule has 1 N–H and O–H groups in total. The Balaban J connectivity index is 1.32. The fraction of sp³-hybridized carbons (Fsp3) is 0.560. The van der Waals surface area contributed by atoms with Gasteiger partial charge in [-0.1, -0.05) is 30.3 Å². The Morgan fingerprint density at radius 2 is 1.53 bits per heavy atom. The van der Waals surface area contributed by atoms with Crippen LogP contribution in [0, 0.1) is 29.6 Å². The molecule has 160 valence electrons. The molecule has 0 atom stereocenters. The van der Waals surface area contributed by atoms with E-state index in [0.717, 1.165) is 22.6 Å². The minimum Gasteiger partial charge on any atom is -0.298 e. The zero-order chi connectivity index (χ0) is 21.1. The third-order valence-corrected chi connectivity index (χ3v) is 9.61. The number of carbonyl (C=O) groups excluding carboxylic acids is 1. The van der Waals surface area contributed by atoms with E-state index in [4.69, 9.17) is 0 Å². The minimum absolute atomic E-state index is 0.0179. The van der Waals surface area contributed by atoms with Crippen LogP contribution in [0.5, 0.6) is 0 Å². The highest BCUT2D eigenvalue weighted by Crippen LogP contribution is 2.57. The Bertz CT molecular complexity index is 1060. The van der Waals surface area contributed by atoms with Gasteiger partial charge in [0.15, 0.2) is 5.78 Å². The Morgan fingerprint density at radius 1 is 0.933 bits per heavy atom. The molecule has 30 heavy (non-hydrogen) atoms. The molecule has 0 radical (unpaired) electrons. The number of hydrogen-bond donors (Lipinski definition) is 1. The smallest absolute Gasteiger partial charge is 0.241 e. The molecule has 0 aliphatic heterocycles. The molecular weight excluding hydrogens is 394 g/mol. The van der Waals surface area contributed by atoms with E-state index in [1.165, 1.54) is 32.1 Å². The van der Waals surface area contributed by atoms with Crippen molar-refractivity contribution in [2.45, 2.75) is 62.8 Å². The van der Waals surface area contributed by atoms with E-state index in [2.05, 4.69) is 4.72 Å². The highest BCUT2D eigenvalue weighted by Gasteiger charge is 2.49. The maximum Gasteiger partial charge on any atom is 0.241 e. The fourth-order valence-electron chi connectivity index (χ4n) is 6.63. The summed E-state index contributed by atoms with van der Waals surface area (Å²) in [5.41, 5.74) is -1.11. The molecule has 0 spiro atoms. The Labute approximate surface area is 179 Å². The molecule has 0 aromatic heterocycles. The molecule has 4 aliphatic rings. The first-order valence-electron chi connectivity index (χ1n) is 11.3. The number of nitrogens with one attached hydrogen (secondary N) is 1. The normalized spacial score (nSPS) is 30.7. The average Bonchev–Trinajstić information content (AvgIpc) is 2.69. The van der Waals surface area contributed by atoms with Crippen molar-refractivity contribution in [1.29, 1.82) is 0 Å². The molecule has 0 heterocycles. The van der Waals surface area contributed by atoms with Gasteiger partial charge in [-0.25, -0.2) is 8.42 Å². The maximum atomic E-state index is 13.3. The second-order valence-electron chi connectivity index (χ2n) is 10.5. The second-order valence-corrected chi connectivity index (χ2v) is 12.1. The molecule has 5 heteroatoms. The van der Waals surface area contributed by atoms with Crippen molar-refractivity contribution in [1.82, 2.24) is 4.72 Å². The van der Waals surface area contributed by atoms with Gasteiger partial charge in [0.05, 0.1) is 10.4 Å². The fourth-order valence-corrected chi connectivity index (χ4v) is 8.06. The first kappa shape index (κ1) is 20.2. The number of benzene rings is 2. The van der Waals surface area contributed by atoms with Crippen LogP contribution in [0.1, 0.15) is 52.4 Å². The predicted molar refractivity (Wildman–Crippen MR) is 119 cm³/mol. The molecule has 2 aromatic carbocycles. The third kappa shape index (κ3) is 3.60. The summed E-state index contributed by atoms with van der Waals surface area (Å²) in [5.74, 6) is 3.53. The number of Topliss-reactive ketones (excluding diaryl/α,β-unsaturated/α-hetero) is 1. The standard InChI is InChI=1S/C25H31NO3S/c1-25(2,24(27)15-23-20-10-16-9-17(12-20)13-21(23)11-16)26-30(28,29)22-8-7-18-5-3-4-6-19(18)14-22/h3-8,14,16-17,20-21,23,26H,9-13,15H2,1-2H3. The van der Waals surface area contributed by atoms with Crippen LogP contribution in [0.2, 0.25) is 0 Å². The minimum atomic E-state index is -3.79. The van der Waals surface area contributed by atoms with Gasteiger partial charge < -0.3 is 0 Å². The lowest BCUT2D eigenvalue weighted by Crippen LogP contribution is -2.52. The summed E-state index contributed by atoms with van der Waals surface area (Å²) >= 11 is 0. The van der Waals surface area contributed by atoms with Gasteiger partial charge in [-0.2, -0.15) is 4.72 Å². The second kappa shape index (κ2) is 7.16. The molecule has 2 aromatic rings. The molecule has 4 saturated carbocycles. The van der Waals surface area contributed by atoms with Crippen LogP contribution in [0.15, 0.2) is 47.4 Å².